The third kappa shape index (κ3) is 6.57. The van der Waals surface area contributed by atoms with E-state index in [4.69, 9.17) is 0 Å². The largest absolute Gasteiger partial charge is 0.355 e. The van der Waals surface area contributed by atoms with E-state index < -0.39 is 0 Å². The molecule has 2 fully saturated rings. The first-order valence-corrected chi connectivity index (χ1v) is 10.6. The van der Waals surface area contributed by atoms with Crippen LogP contribution in [-0.4, -0.2) is 55.5 Å². The van der Waals surface area contributed by atoms with Crippen LogP contribution in [0.1, 0.15) is 51.5 Å². The topological polar surface area (TPSA) is 60.0 Å². The van der Waals surface area contributed by atoms with Gasteiger partial charge in [-0.1, -0.05) is 18.6 Å². The molecule has 2 heterocycles. The molecule has 0 saturated carbocycles. The first-order chi connectivity index (χ1) is 13.5. The van der Waals surface area contributed by atoms with Gasteiger partial charge in [-0.15, -0.1) is 24.0 Å². The van der Waals surface area contributed by atoms with E-state index in [1.807, 2.05) is 24.1 Å². The van der Waals surface area contributed by atoms with Gasteiger partial charge in [0.2, 0.25) is 5.91 Å². The number of hydrogen-bond donors (Lipinski definition) is 2. The number of likely N-dealkylation sites (tertiary alicyclic amines) is 1. The average Bonchev–Trinajstić information content (AvgIpc) is 3.15. The summed E-state index contributed by atoms with van der Waals surface area (Å²) in [6, 6.07) is 8.24. The number of halogens is 1. The third-order valence-electron chi connectivity index (χ3n) is 5.91. The molecule has 0 aliphatic carbocycles. The Kier molecular flexibility index (Phi) is 9.20. The maximum atomic E-state index is 11.9. The van der Waals surface area contributed by atoms with Crippen molar-refractivity contribution in [3.8, 4) is 0 Å². The first kappa shape index (κ1) is 23.9. The van der Waals surface area contributed by atoms with Gasteiger partial charge in [0.05, 0.1) is 0 Å². The van der Waals surface area contributed by atoms with Crippen LogP contribution in [0.25, 0.3) is 0 Å². The van der Waals surface area contributed by atoms with Crippen molar-refractivity contribution in [3.05, 3.63) is 29.8 Å². The second-order valence-electron chi connectivity index (χ2n) is 8.45. The van der Waals surface area contributed by atoms with Crippen LogP contribution in [0.3, 0.4) is 0 Å². The Labute approximate surface area is 192 Å². The molecule has 0 spiro atoms. The molecule has 7 heteroatoms. The molecule has 2 aliphatic rings. The van der Waals surface area contributed by atoms with Gasteiger partial charge in [-0.25, -0.2) is 0 Å². The van der Waals surface area contributed by atoms with Crippen molar-refractivity contribution in [2.45, 2.75) is 58.0 Å². The van der Waals surface area contributed by atoms with Crippen molar-refractivity contribution in [2.24, 2.45) is 4.99 Å². The van der Waals surface area contributed by atoms with Gasteiger partial charge in [-0.2, -0.15) is 0 Å². The highest BCUT2D eigenvalue weighted by Crippen LogP contribution is 2.22. The summed E-state index contributed by atoms with van der Waals surface area (Å²) in [6.45, 7) is 9.38. The zero-order chi connectivity index (χ0) is 20.0. The van der Waals surface area contributed by atoms with Crippen LogP contribution in [0.15, 0.2) is 29.3 Å². The molecular formula is C22H36IN5O. The Bertz CT molecular complexity index is 683. The lowest BCUT2D eigenvalue weighted by atomic mass is 9.98. The number of carbonyl (C=O) groups excluding carboxylic acids is 1. The highest BCUT2D eigenvalue weighted by Gasteiger charge is 2.28. The van der Waals surface area contributed by atoms with Crippen LogP contribution in [0, 0.1) is 0 Å². The van der Waals surface area contributed by atoms with E-state index in [1.54, 1.807) is 0 Å². The molecule has 6 nitrogen and oxygen atoms in total. The molecule has 1 aromatic carbocycles. The Hall–Kier alpha value is -1.35. The van der Waals surface area contributed by atoms with E-state index in [1.165, 1.54) is 37.9 Å². The number of hydrogen-bond acceptors (Lipinski definition) is 3. The fourth-order valence-electron chi connectivity index (χ4n) is 4.03. The number of nitrogens with one attached hydrogen (secondary N) is 2. The van der Waals surface area contributed by atoms with Crippen molar-refractivity contribution >= 4 is 41.5 Å². The molecule has 0 atom stereocenters. The summed E-state index contributed by atoms with van der Waals surface area (Å²) in [7, 11) is 1.81. The van der Waals surface area contributed by atoms with Crippen LogP contribution >= 0.6 is 24.0 Å². The van der Waals surface area contributed by atoms with Gasteiger partial charge < -0.3 is 15.5 Å². The number of benzene rings is 1. The van der Waals surface area contributed by atoms with Gasteiger partial charge in [0.15, 0.2) is 5.96 Å². The molecule has 2 aliphatic heterocycles. The zero-order valence-corrected chi connectivity index (χ0v) is 20.4. The van der Waals surface area contributed by atoms with Crippen molar-refractivity contribution in [1.29, 1.82) is 0 Å². The molecule has 0 unspecified atom stereocenters. The second-order valence-corrected chi connectivity index (χ2v) is 8.45. The van der Waals surface area contributed by atoms with E-state index in [0.29, 0.717) is 13.0 Å². The van der Waals surface area contributed by atoms with Crippen molar-refractivity contribution in [1.82, 2.24) is 15.5 Å². The fraction of sp³-hybridized carbons (Fsp3) is 0.636. The number of anilines is 1. The number of piperidine rings is 1. The van der Waals surface area contributed by atoms with Crippen LogP contribution in [0.4, 0.5) is 5.69 Å². The highest BCUT2D eigenvalue weighted by atomic mass is 127. The number of carbonyl (C=O) groups is 1. The van der Waals surface area contributed by atoms with Gasteiger partial charge in [0.1, 0.15) is 0 Å². The van der Waals surface area contributed by atoms with Crippen LogP contribution in [-0.2, 0) is 11.3 Å². The smallest absolute Gasteiger partial charge is 0.227 e. The monoisotopic (exact) mass is 513 g/mol. The number of guanidine groups is 1. The molecule has 2 saturated heterocycles. The third-order valence-corrected chi connectivity index (χ3v) is 5.91. The zero-order valence-electron chi connectivity index (χ0n) is 18.0. The quantitative estimate of drug-likeness (QED) is 0.348. The predicted molar refractivity (Wildman–Crippen MR) is 131 cm³/mol. The van der Waals surface area contributed by atoms with Gasteiger partial charge in [0, 0.05) is 44.3 Å². The second kappa shape index (κ2) is 11.2. The summed E-state index contributed by atoms with van der Waals surface area (Å²) >= 11 is 0. The van der Waals surface area contributed by atoms with Crippen LogP contribution < -0.4 is 15.5 Å². The number of nitrogens with zero attached hydrogens (tertiary/aromatic N) is 3. The number of amides is 1. The minimum absolute atomic E-state index is 0. The Morgan fingerprint density at radius 2 is 1.72 bits per heavy atom. The maximum Gasteiger partial charge on any atom is 0.227 e. The lowest BCUT2D eigenvalue weighted by Crippen LogP contribution is -2.54. The molecule has 3 rings (SSSR count). The molecule has 2 N–H and O–H groups in total. The van der Waals surface area contributed by atoms with Gasteiger partial charge in [0.25, 0.3) is 0 Å². The maximum absolute atomic E-state index is 11.9. The van der Waals surface area contributed by atoms with Crippen molar-refractivity contribution in [2.75, 3.05) is 38.1 Å². The Morgan fingerprint density at radius 1 is 1.03 bits per heavy atom. The highest BCUT2D eigenvalue weighted by molar-refractivity contribution is 14.0. The Balaban J connectivity index is 0.00000300. The van der Waals surface area contributed by atoms with Crippen molar-refractivity contribution in [3.63, 3.8) is 0 Å². The standard InChI is InChI=1S/C22H35N5O.HI/c1-22(2,26-13-5-4-6-14-26)17-25-21(23-3)24-16-18-9-11-19(12-10-18)27-15-7-8-20(27)28;/h9-12H,4-8,13-17H2,1-3H3,(H2,23,24,25);1H. The molecule has 29 heavy (non-hydrogen) atoms. The van der Waals surface area contributed by atoms with Gasteiger partial charge in [-0.05, 0) is 63.9 Å². The summed E-state index contributed by atoms with van der Waals surface area (Å²) in [4.78, 5) is 20.7. The van der Waals surface area contributed by atoms with Crippen molar-refractivity contribution < 1.29 is 4.79 Å². The van der Waals surface area contributed by atoms with E-state index in [2.05, 4.69) is 46.5 Å². The summed E-state index contributed by atoms with van der Waals surface area (Å²) in [6.07, 6.45) is 5.58. The molecule has 0 aromatic heterocycles. The van der Waals surface area contributed by atoms with E-state index >= 15 is 0 Å². The Morgan fingerprint density at radius 3 is 2.31 bits per heavy atom. The van der Waals surface area contributed by atoms with E-state index in [9.17, 15) is 4.79 Å². The number of rotatable bonds is 6. The minimum atomic E-state index is 0. The predicted octanol–water partition coefficient (Wildman–Crippen LogP) is 3.36. The summed E-state index contributed by atoms with van der Waals surface area (Å²) < 4.78 is 0. The molecule has 0 bridgehead atoms. The molecule has 162 valence electrons. The van der Waals surface area contributed by atoms with E-state index in [-0.39, 0.29) is 35.4 Å². The number of aliphatic imine (C=N–C) groups is 1. The molecule has 1 aromatic rings. The average molecular weight is 513 g/mol. The van der Waals surface area contributed by atoms with Crippen LogP contribution in [0.2, 0.25) is 0 Å². The molecular weight excluding hydrogens is 477 g/mol. The first-order valence-electron chi connectivity index (χ1n) is 10.6. The normalized spacial score (nSPS) is 18.5. The summed E-state index contributed by atoms with van der Waals surface area (Å²) in [5.41, 5.74) is 2.28. The molecule has 1 amide bonds. The SMILES string of the molecule is CN=C(NCc1ccc(N2CCCC2=O)cc1)NCC(C)(C)N1CCCCC1.I. The lowest BCUT2D eigenvalue weighted by molar-refractivity contribution is -0.117. The fourth-order valence-corrected chi connectivity index (χ4v) is 4.03. The summed E-state index contributed by atoms with van der Waals surface area (Å²) in [5.74, 6) is 1.05. The lowest BCUT2D eigenvalue weighted by Gasteiger charge is -2.41. The van der Waals surface area contributed by atoms with Crippen LogP contribution in [0.5, 0.6) is 0 Å². The summed E-state index contributed by atoms with van der Waals surface area (Å²) in [5, 5.41) is 6.88. The minimum Gasteiger partial charge on any atom is -0.355 e. The van der Waals surface area contributed by atoms with Gasteiger partial charge in [-0.3, -0.25) is 14.7 Å². The molecule has 0 radical (unpaired) electrons. The van der Waals surface area contributed by atoms with Gasteiger partial charge >= 0.3 is 0 Å². The van der Waals surface area contributed by atoms with E-state index in [0.717, 1.165) is 31.2 Å².